The Labute approximate surface area is 158 Å². The Morgan fingerprint density at radius 1 is 1.21 bits per heavy atom. The number of alkyl halides is 3. The molecule has 0 aromatic heterocycles. The van der Waals surface area contributed by atoms with Gasteiger partial charge in [-0.15, -0.1) is 0 Å². The van der Waals surface area contributed by atoms with Crippen molar-refractivity contribution < 1.29 is 27.6 Å². The van der Waals surface area contributed by atoms with Gasteiger partial charge in [-0.25, -0.2) is 0 Å². The van der Waals surface area contributed by atoms with E-state index < -0.39 is 40.0 Å². The maximum absolute atomic E-state index is 13.2. The highest BCUT2D eigenvalue weighted by Gasteiger charge is 2.36. The predicted octanol–water partition coefficient (Wildman–Crippen LogP) is 4.45. The zero-order chi connectivity index (χ0) is 20.9. The number of ether oxygens (including phenoxy) is 1. The van der Waals surface area contributed by atoms with E-state index in [0.717, 1.165) is 12.1 Å². The molecule has 0 fully saturated rings. The number of carbonyl (C=O) groups is 1. The molecule has 0 aliphatic carbocycles. The van der Waals surface area contributed by atoms with Gasteiger partial charge in [0, 0.05) is 12.1 Å². The Hall–Kier alpha value is -3.30. The van der Waals surface area contributed by atoms with Crippen molar-refractivity contribution in [2.45, 2.75) is 26.1 Å². The van der Waals surface area contributed by atoms with Gasteiger partial charge in [-0.1, -0.05) is 12.1 Å². The van der Waals surface area contributed by atoms with Crippen LogP contribution in [-0.4, -0.2) is 23.5 Å². The van der Waals surface area contributed by atoms with E-state index in [4.69, 9.17) is 4.74 Å². The van der Waals surface area contributed by atoms with Gasteiger partial charge in [0.25, 0.3) is 5.69 Å². The first-order chi connectivity index (χ1) is 13.1. The molecule has 0 radical (unpaired) electrons. The normalized spacial score (nSPS) is 12.2. The van der Waals surface area contributed by atoms with E-state index in [0.29, 0.717) is 24.1 Å². The van der Waals surface area contributed by atoms with Crippen LogP contribution in [0, 0.1) is 10.1 Å². The van der Waals surface area contributed by atoms with Gasteiger partial charge in [-0.3, -0.25) is 14.9 Å². The molecular weight excluding hydrogens is 379 g/mol. The Kier molecular flexibility index (Phi) is 6.45. The summed E-state index contributed by atoms with van der Waals surface area (Å²) in [5, 5.41) is 15.8. The first-order valence-corrected chi connectivity index (χ1v) is 8.28. The molecule has 0 aliphatic heterocycles. The number of para-hydroxylation sites is 2. The standard InChI is InChI=1S/C18H18F3N3O4/c1-3-28-16-7-5-4-6-15(16)22-11(2)17(25)23-14-9-8-12(24(26)27)10-13(14)18(19,20)21/h4-11,22H,3H2,1-2H3,(H,23,25)/t11-/m0/s1. The van der Waals surface area contributed by atoms with Crippen LogP contribution in [0.2, 0.25) is 0 Å². The number of non-ortho nitro benzene ring substituents is 1. The molecule has 0 saturated carbocycles. The van der Waals surface area contributed by atoms with E-state index in [2.05, 4.69) is 10.6 Å². The fourth-order valence-electron chi connectivity index (χ4n) is 2.40. The first kappa shape index (κ1) is 21.0. The van der Waals surface area contributed by atoms with E-state index in [1.165, 1.54) is 6.92 Å². The van der Waals surface area contributed by atoms with Gasteiger partial charge in [-0.2, -0.15) is 13.2 Å². The molecule has 2 aromatic carbocycles. The summed E-state index contributed by atoms with van der Waals surface area (Å²) in [7, 11) is 0. The number of anilines is 2. The van der Waals surface area contributed by atoms with E-state index in [1.54, 1.807) is 31.2 Å². The minimum Gasteiger partial charge on any atom is -0.492 e. The topological polar surface area (TPSA) is 93.5 Å². The molecule has 0 bridgehead atoms. The van der Waals surface area contributed by atoms with Crippen LogP contribution in [0.15, 0.2) is 42.5 Å². The van der Waals surface area contributed by atoms with E-state index in [-0.39, 0.29) is 0 Å². The molecule has 150 valence electrons. The Morgan fingerprint density at radius 2 is 1.89 bits per heavy atom. The zero-order valence-electron chi connectivity index (χ0n) is 15.0. The molecule has 1 atom stereocenters. The summed E-state index contributed by atoms with van der Waals surface area (Å²) in [6, 6.07) is 8.06. The number of benzene rings is 2. The van der Waals surface area contributed by atoms with Crippen molar-refractivity contribution in [1.29, 1.82) is 0 Å². The summed E-state index contributed by atoms with van der Waals surface area (Å²) in [5.41, 5.74) is -2.07. The third kappa shape index (κ3) is 5.12. The van der Waals surface area contributed by atoms with Crippen molar-refractivity contribution in [2.75, 3.05) is 17.2 Å². The van der Waals surface area contributed by atoms with Gasteiger partial charge in [0.05, 0.1) is 28.5 Å². The molecule has 0 aliphatic rings. The van der Waals surface area contributed by atoms with Crippen LogP contribution in [0.1, 0.15) is 19.4 Å². The monoisotopic (exact) mass is 397 g/mol. The number of amides is 1. The maximum Gasteiger partial charge on any atom is 0.418 e. The Morgan fingerprint density at radius 3 is 2.50 bits per heavy atom. The van der Waals surface area contributed by atoms with Gasteiger partial charge in [0.15, 0.2) is 0 Å². The van der Waals surface area contributed by atoms with Gasteiger partial charge in [-0.05, 0) is 32.0 Å². The van der Waals surface area contributed by atoms with Crippen LogP contribution in [0.25, 0.3) is 0 Å². The summed E-state index contributed by atoms with van der Waals surface area (Å²) < 4.78 is 45.1. The number of nitro groups is 1. The smallest absolute Gasteiger partial charge is 0.418 e. The SMILES string of the molecule is CCOc1ccccc1N[C@@H](C)C(=O)Nc1ccc([N+](=O)[O-])cc1C(F)(F)F. The van der Waals surface area contributed by atoms with Gasteiger partial charge < -0.3 is 15.4 Å². The van der Waals surface area contributed by atoms with Crippen molar-refractivity contribution in [3.8, 4) is 5.75 Å². The number of nitrogens with one attached hydrogen (secondary N) is 2. The zero-order valence-corrected chi connectivity index (χ0v) is 15.0. The fraction of sp³-hybridized carbons (Fsp3) is 0.278. The minimum absolute atomic E-state index is 0.387. The van der Waals surface area contributed by atoms with Crippen LogP contribution in [-0.2, 0) is 11.0 Å². The predicted molar refractivity (Wildman–Crippen MR) is 97.4 cm³/mol. The van der Waals surface area contributed by atoms with Crippen LogP contribution >= 0.6 is 0 Å². The summed E-state index contributed by atoms with van der Waals surface area (Å²) in [5.74, 6) is -0.248. The Bertz CT molecular complexity index is 871. The van der Waals surface area contributed by atoms with Crippen molar-refractivity contribution in [2.24, 2.45) is 0 Å². The van der Waals surface area contributed by atoms with Crippen molar-refractivity contribution >= 4 is 23.0 Å². The molecule has 0 spiro atoms. The maximum atomic E-state index is 13.2. The largest absolute Gasteiger partial charge is 0.492 e. The molecule has 28 heavy (non-hydrogen) atoms. The fourth-order valence-corrected chi connectivity index (χ4v) is 2.40. The summed E-state index contributed by atoms with van der Waals surface area (Å²) in [6.45, 7) is 3.66. The molecule has 1 amide bonds. The van der Waals surface area contributed by atoms with Crippen LogP contribution in [0.5, 0.6) is 5.75 Å². The minimum atomic E-state index is -4.87. The average molecular weight is 397 g/mol. The summed E-state index contributed by atoms with van der Waals surface area (Å²) >= 11 is 0. The number of hydrogen-bond donors (Lipinski definition) is 2. The van der Waals surface area contributed by atoms with Crippen LogP contribution in [0.4, 0.5) is 30.2 Å². The van der Waals surface area contributed by atoms with Gasteiger partial charge in [0.1, 0.15) is 11.8 Å². The third-order valence-electron chi connectivity index (χ3n) is 3.73. The number of nitro benzene ring substituents is 1. The molecule has 0 saturated heterocycles. The molecule has 0 heterocycles. The number of halogens is 3. The second kappa shape index (κ2) is 8.59. The lowest BCUT2D eigenvalue weighted by molar-refractivity contribution is -0.385. The number of carbonyl (C=O) groups excluding carboxylic acids is 1. The summed E-state index contributed by atoms with van der Waals surface area (Å²) in [6.07, 6.45) is -4.87. The molecule has 2 aromatic rings. The first-order valence-electron chi connectivity index (χ1n) is 8.28. The van der Waals surface area contributed by atoms with E-state index >= 15 is 0 Å². The number of rotatable bonds is 7. The van der Waals surface area contributed by atoms with Crippen LogP contribution in [0.3, 0.4) is 0 Å². The van der Waals surface area contributed by atoms with Gasteiger partial charge in [0.2, 0.25) is 5.91 Å². The molecule has 0 unspecified atom stereocenters. The molecule has 10 heteroatoms. The highest BCUT2D eigenvalue weighted by atomic mass is 19.4. The molecular formula is C18H18F3N3O4. The molecule has 2 N–H and O–H groups in total. The lowest BCUT2D eigenvalue weighted by atomic mass is 10.1. The lowest BCUT2D eigenvalue weighted by Gasteiger charge is -2.19. The van der Waals surface area contributed by atoms with Gasteiger partial charge >= 0.3 is 6.18 Å². The van der Waals surface area contributed by atoms with Crippen molar-refractivity contribution in [3.05, 3.63) is 58.1 Å². The Balaban J connectivity index is 2.21. The molecule has 7 nitrogen and oxygen atoms in total. The second-order valence-corrected chi connectivity index (χ2v) is 5.77. The highest BCUT2D eigenvalue weighted by Crippen LogP contribution is 2.37. The number of nitrogens with zero attached hydrogens (tertiary/aromatic N) is 1. The highest BCUT2D eigenvalue weighted by molar-refractivity contribution is 5.97. The quantitative estimate of drug-likeness (QED) is 0.532. The third-order valence-corrected chi connectivity index (χ3v) is 3.73. The molecule has 2 rings (SSSR count). The van der Waals surface area contributed by atoms with Crippen molar-refractivity contribution in [1.82, 2.24) is 0 Å². The van der Waals surface area contributed by atoms with E-state index in [1.807, 2.05) is 0 Å². The van der Waals surface area contributed by atoms with Crippen LogP contribution < -0.4 is 15.4 Å². The lowest BCUT2D eigenvalue weighted by Crippen LogP contribution is -2.32. The van der Waals surface area contributed by atoms with E-state index in [9.17, 15) is 28.1 Å². The summed E-state index contributed by atoms with van der Waals surface area (Å²) in [4.78, 5) is 22.2. The number of hydrogen-bond acceptors (Lipinski definition) is 5. The average Bonchev–Trinajstić information content (AvgIpc) is 2.62. The van der Waals surface area contributed by atoms with Crippen molar-refractivity contribution in [3.63, 3.8) is 0 Å². The second-order valence-electron chi connectivity index (χ2n) is 5.77.